The second-order valence-corrected chi connectivity index (χ2v) is 7.91. The zero-order chi connectivity index (χ0) is 21.1. The molecule has 0 saturated carbocycles. The van der Waals surface area contributed by atoms with Gasteiger partial charge >= 0.3 is 0 Å². The molecule has 0 atom stereocenters. The van der Waals surface area contributed by atoms with Crippen molar-refractivity contribution in [1.82, 2.24) is 24.8 Å². The average Bonchev–Trinajstić information content (AvgIpc) is 2.76. The minimum Gasteiger partial charge on any atom is -0.496 e. The molecule has 0 spiro atoms. The Labute approximate surface area is 176 Å². The van der Waals surface area contributed by atoms with Crippen LogP contribution in [0.4, 0.5) is 0 Å². The maximum atomic E-state index is 12.2. The largest absolute Gasteiger partial charge is 0.496 e. The Morgan fingerprint density at radius 1 is 1.13 bits per heavy atom. The number of aromatic amines is 1. The van der Waals surface area contributed by atoms with Crippen LogP contribution in [0.2, 0.25) is 0 Å². The summed E-state index contributed by atoms with van der Waals surface area (Å²) in [4.78, 5) is 30.4. The van der Waals surface area contributed by atoms with Crippen molar-refractivity contribution in [3.8, 4) is 17.3 Å². The molecule has 0 amide bonds. The van der Waals surface area contributed by atoms with Gasteiger partial charge in [0.2, 0.25) is 0 Å². The lowest BCUT2D eigenvalue weighted by atomic mass is 9.92. The number of hydrogen-bond donors (Lipinski definition) is 1. The van der Waals surface area contributed by atoms with E-state index in [-0.39, 0.29) is 11.5 Å². The first-order chi connectivity index (χ1) is 14.5. The molecule has 7 heteroatoms. The van der Waals surface area contributed by atoms with E-state index in [1.54, 1.807) is 31.8 Å². The standard InChI is InChI=1S/C23H27N5O2/c1-15-11-21(30-3)16(2)10-18(15)14-28-8-4-17(5-9-28)19-12-22(29)27-23(26-19)20-13-24-6-7-25-20/h6-7,10-13,17H,4-5,8-9,14H2,1-3H3,(H,26,27,29). The summed E-state index contributed by atoms with van der Waals surface area (Å²) in [7, 11) is 1.71. The molecule has 156 valence electrons. The van der Waals surface area contributed by atoms with E-state index < -0.39 is 0 Å². The SMILES string of the molecule is COc1cc(C)c(CN2CCC(c3cc(=O)[nH]c(-c4cnccn4)n3)CC2)cc1C. The number of methoxy groups -OCH3 is 1. The summed E-state index contributed by atoms with van der Waals surface area (Å²) in [5, 5.41) is 0. The normalized spacial score (nSPS) is 15.3. The number of hydrogen-bond acceptors (Lipinski definition) is 6. The van der Waals surface area contributed by atoms with Crippen molar-refractivity contribution in [2.75, 3.05) is 20.2 Å². The van der Waals surface area contributed by atoms with Gasteiger partial charge in [0.05, 0.1) is 19.0 Å². The Morgan fingerprint density at radius 3 is 2.63 bits per heavy atom. The molecular weight excluding hydrogens is 378 g/mol. The van der Waals surface area contributed by atoms with Crippen LogP contribution in [0, 0.1) is 13.8 Å². The van der Waals surface area contributed by atoms with Gasteiger partial charge in [0.25, 0.3) is 5.56 Å². The molecule has 1 saturated heterocycles. The maximum Gasteiger partial charge on any atom is 0.251 e. The highest BCUT2D eigenvalue weighted by molar-refractivity contribution is 5.46. The van der Waals surface area contributed by atoms with E-state index in [9.17, 15) is 4.79 Å². The molecule has 2 aromatic heterocycles. The molecule has 4 rings (SSSR count). The number of rotatable bonds is 5. The highest BCUT2D eigenvalue weighted by Gasteiger charge is 2.23. The number of aromatic nitrogens is 4. The number of aryl methyl sites for hydroxylation is 2. The molecule has 1 N–H and O–H groups in total. The van der Waals surface area contributed by atoms with Crippen LogP contribution in [0.3, 0.4) is 0 Å². The third kappa shape index (κ3) is 4.41. The Hall–Kier alpha value is -3.06. The molecule has 3 aromatic rings. The summed E-state index contributed by atoms with van der Waals surface area (Å²) in [5.41, 5.74) is 5.04. The van der Waals surface area contributed by atoms with Gasteiger partial charge in [-0.15, -0.1) is 0 Å². The second-order valence-electron chi connectivity index (χ2n) is 7.91. The Morgan fingerprint density at radius 2 is 1.93 bits per heavy atom. The Bertz CT molecular complexity index is 1070. The molecule has 3 heterocycles. The minimum absolute atomic E-state index is 0.146. The molecule has 0 bridgehead atoms. The first kappa shape index (κ1) is 20.2. The van der Waals surface area contributed by atoms with Crippen LogP contribution < -0.4 is 10.3 Å². The van der Waals surface area contributed by atoms with E-state index in [1.807, 2.05) is 0 Å². The molecule has 0 unspecified atom stereocenters. The highest BCUT2D eigenvalue weighted by Crippen LogP contribution is 2.29. The molecule has 0 radical (unpaired) electrons. The van der Waals surface area contributed by atoms with Gasteiger partial charge in [-0.05, 0) is 62.5 Å². The minimum atomic E-state index is -0.146. The van der Waals surface area contributed by atoms with Crippen molar-refractivity contribution in [1.29, 1.82) is 0 Å². The zero-order valence-electron chi connectivity index (χ0n) is 17.7. The summed E-state index contributed by atoms with van der Waals surface area (Å²) >= 11 is 0. The first-order valence-electron chi connectivity index (χ1n) is 10.3. The van der Waals surface area contributed by atoms with Gasteiger partial charge in [-0.2, -0.15) is 0 Å². The number of likely N-dealkylation sites (tertiary alicyclic amines) is 1. The molecule has 30 heavy (non-hydrogen) atoms. The molecule has 0 aliphatic carbocycles. The predicted molar refractivity (Wildman–Crippen MR) is 116 cm³/mol. The molecular formula is C23H27N5O2. The van der Waals surface area contributed by atoms with Gasteiger partial charge in [-0.3, -0.25) is 14.7 Å². The summed E-state index contributed by atoms with van der Waals surface area (Å²) < 4.78 is 5.43. The van der Waals surface area contributed by atoms with Crippen LogP contribution in [0.5, 0.6) is 5.75 Å². The van der Waals surface area contributed by atoms with Crippen LogP contribution in [0.25, 0.3) is 11.5 Å². The monoisotopic (exact) mass is 405 g/mol. The van der Waals surface area contributed by atoms with Crippen LogP contribution in [-0.2, 0) is 6.54 Å². The van der Waals surface area contributed by atoms with Crippen molar-refractivity contribution in [2.24, 2.45) is 0 Å². The fourth-order valence-corrected chi connectivity index (χ4v) is 4.10. The van der Waals surface area contributed by atoms with Crippen molar-refractivity contribution >= 4 is 0 Å². The van der Waals surface area contributed by atoms with Gasteiger partial charge in [0, 0.05) is 30.9 Å². The van der Waals surface area contributed by atoms with E-state index in [0.717, 1.165) is 49.5 Å². The number of benzene rings is 1. The summed E-state index contributed by atoms with van der Waals surface area (Å²) in [6.07, 6.45) is 6.77. The van der Waals surface area contributed by atoms with Crippen molar-refractivity contribution < 1.29 is 4.74 Å². The lowest BCUT2D eigenvalue weighted by Gasteiger charge is -2.32. The van der Waals surface area contributed by atoms with E-state index in [4.69, 9.17) is 9.72 Å². The lowest BCUT2D eigenvalue weighted by molar-refractivity contribution is 0.203. The molecule has 1 fully saturated rings. The van der Waals surface area contributed by atoms with Gasteiger partial charge < -0.3 is 9.72 Å². The number of piperidine rings is 1. The van der Waals surface area contributed by atoms with Crippen LogP contribution >= 0.6 is 0 Å². The van der Waals surface area contributed by atoms with E-state index >= 15 is 0 Å². The summed E-state index contributed by atoms with van der Waals surface area (Å²) in [6.45, 7) is 7.10. The zero-order valence-corrected chi connectivity index (χ0v) is 17.7. The fraction of sp³-hybridized carbons (Fsp3) is 0.391. The molecule has 1 aliphatic heterocycles. The van der Waals surface area contributed by atoms with Gasteiger partial charge in [0.1, 0.15) is 11.4 Å². The van der Waals surface area contributed by atoms with E-state index in [0.29, 0.717) is 11.5 Å². The molecule has 1 aromatic carbocycles. The number of H-pyrrole nitrogens is 1. The number of ether oxygens (including phenoxy) is 1. The van der Waals surface area contributed by atoms with Crippen LogP contribution in [-0.4, -0.2) is 45.0 Å². The maximum absolute atomic E-state index is 12.2. The Balaban J connectivity index is 1.45. The van der Waals surface area contributed by atoms with Crippen molar-refractivity contribution in [3.63, 3.8) is 0 Å². The van der Waals surface area contributed by atoms with Gasteiger partial charge in [-0.25, -0.2) is 9.97 Å². The van der Waals surface area contributed by atoms with E-state index in [2.05, 4.69) is 45.8 Å². The van der Waals surface area contributed by atoms with Gasteiger partial charge in [-0.1, -0.05) is 6.07 Å². The highest BCUT2D eigenvalue weighted by atomic mass is 16.5. The molecule has 7 nitrogen and oxygen atoms in total. The van der Waals surface area contributed by atoms with Crippen molar-refractivity contribution in [3.05, 3.63) is 69.5 Å². The average molecular weight is 406 g/mol. The third-order valence-electron chi connectivity index (χ3n) is 5.82. The second kappa shape index (κ2) is 8.75. The predicted octanol–water partition coefficient (Wildman–Crippen LogP) is 3.23. The first-order valence-corrected chi connectivity index (χ1v) is 10.3. The van der Waals surface area contributed by atoms with Gasteiger partial charge in [0.15, 0.2) is 5.82 Å². The number of nitrogens with one attached hydrogen (secondary N) is 1. The van der Waals surface area contributed by atoms with Crippen LogP contribution in [0.1, 0.15) is 41.1 Å². The fourth-order valence-electron chi connectivity index (χ4n) is 4.10. The summed E-state index contributed by atoms with van der Waals surface area (Å²) in [5.74, 6) is 1.70. The topological polar surface area (TPSA) is 84.0 Å². The summed E-state index contributed by atoms with van der Waals surface area (Å²) in [6, 6.07) is 5.97. The third-order valence-corrected chi connectivity index (χ3v) is 5.82. The van der Waals surface area contributed by atoms with Crippen molar-refractivity contribution in [2.45, 2.75) is 39.2 Å². The smallest absolute Gasteiger partial charge is 0.251 e. The quantitative estimate of drug-likeness (QED) is 0.702. The number of nitrogens with zero attached hydrogens (tertiary/aromatic N) is 4. The Kier molecular flexibility index (Phi) is 5.90. The van der Waals surface area contributed by atoms with E-state index in [1.165, 1.54) is 11.1 Å². The molecule has 1 aliphatic rings. The lowest BCUT2D eigenvalue weighted by Crippen LogP contribution is -2.33. The van der Waals surface area contributed by atoms with Crippen LogP contribution in [0.15, 0.2) is 41.6 Å².